The molecule has 2 atom stereocenters. The molecule has 0 saturated carbocycles. The lowest BCUT2D eigenvalue weighted by Gasteiger charge is -2.43. The Morgan fingerprint density at radius 1 is 1.32 bits per heavy atom. The molecule has 0 aromatic heterocycles. The van der Waals surface area contributed by atoms with Gasteiger partial charge in [0.15, 0.2) is 0 Å². The first kappa shape index (κ1) is 13.9. The van der Waals surface area contributed by atoms with Gasteiger partial charge < -0.3 is 10.1 Å². The van der Waals surface area contributed by atoms with Crippen LogP contribution in [0.1, 0.15) is 38.5 Å². The van der Waals surface area contributed by atoms with E-state index in [0.29, 0.717) is 11.7 Å². The Labute approximate surface area is 120 Å². The van der Waals surface area contributed by atoms with Crippen molar-refractivity contribution in [3.8, 4) is 0 Å². The van der Waals surface area contributed by atoms with E-state index in [1.165, 1.54) is 17.9 Å². The third-order valence-corrected chi connectivity index (χ3v) is 5.99. The van der Waals surface area contributed by atoms with E-state index in [1.54, 1.807) is 0 Å². The molecule has 2 unspecified atom stereocenters. The van der Waals surface area contributed by atoms with Gasteiger partial charge in [0, 0.05) is 18.9 Å². The monoisotopic (exact) mass is 283 g/mol. The van der Waals surface area contributed by atoms with E-state index < -0.39 is 0 Å². The van der Waals surface area contributed by atoms with Crippen molar-refractivity contribution in [2.45, 2.75) is 44.1 Å². The van der Waals surface area contributed by atoms with Crippen LogP contribution in [0.4, 0.5) is 0 Å². The Hall–Kier alpha value is -0.0600. The number of Topliss-reactive ketones (excluding diaryl/α,β-unsaturated/α-hetero) is 1. The van der Waals surface area contributed by atoms with Gasteiger partial charge in [0.1, 0.15) is 5.78 Å². The summed E-state index contributed by atoms with van der Waals surface area (Å²) in [5.74, 6) is 3.78. The predicted molar refractivity (Wildman–Crippen MR) is 78.6 cm³/mol. The van der Waals surface area contributed by atoms with Crippen LogP contribution >= 0.6 is 11.8 Å². The van der Waals surface area contributed by atoms with Crippen molar-refractivity contribution in [1.82, 2.24) is 5.32 Å². The number of carbonyl (C=O) groups is 1. The highest BCUT2D eigenvalue weighted by molar-refractivity contribution is 7.99. The van der Waals surface area contributed by atoms with Crippen LogP contribution in [0.25, 0.3) is 0 Å². The van der Waals surface area contributed by atoms with Crippen molar-refractivity contribution in [3.05, 3.63) is 0 Å². The summed E-state index contributed by atoms with van der Waals surface area (Å²) < 4.78 is 6.08. The summed E-state index contributed by atoms with van der Waals surface area (Å²) in [5, 5.41) is 3.36. The standard InChI is InChI=1S/C15H25NO2S/c17-14(9-12-1-5-16-11-12)13-2-6-18-15(10-13)3-7-19-8-4-15/h12-13,16H,1-11H2. The Morgan fingerprint density at radius 2 is 2.16 bits per heavy atom. The second-order valence-corrected chi connectivity index (χ2v) is 7.59. The summed E-state index contributed by atoms with van der Waals surface area (Å²) in [5.41, 5.74) is 0.0533. The van der Waals surface area contributed by atoms with Crippen LogP contribution in [-0.2, 0) is 9.53 Å². The lowest BCUT2D eigenvalue weighted by molar-refractivity contribution is -0.139. The second kappa shape index (κ2) is 6.15. The van der Waals surface area contributed by atoms with Crippen LogP contribution in [0, 0.1) is 11.8 Å². The molecular formula is C15H25NO2S. The molecule has 3 heterocycles. The maximum absolute atomic E-state index is 12.5. The molecule has 0 aliphatic carbocycles. The second-order valence-electron chi connectivity index (χ2n) is 6.36. The van der Waals surface area contributed by atoms with Gasteiger partial charge in [-0.2, -0.15) is 11.8 Å². The van der Waals surface area contributed by atoms with E-state index in [4.69, 9.17) is 4.74 Å². The van der Waals surface area contributed by atoms with Crippen LogP contribution in [-0.4, -0.2) is 42.6 Å². The smallest absolute Gasteiger partial charge is 0.136 e. The molecule has 0 bridgehead atoms. The minimum atomic E-state index is 0.0533. The van der Waals surface area contributed by atoms with Crippen molar-refractivity contribution in [1.29, 1.82) is 0 Å². The maximum atomic E-state index is 12.5. The number of hydrogen-bond donors (Lipinski definition) is 1. The molecule has 3 fully saturated rings. The Bertz CT molecular complexity index is 317. The molecule has 3 aliphatic rings. The largest absolute Gasteiger partial charge is 0.375 e. The van der Waals surface area contributed by atoms with Gasteiger partial charge in [-0.3, -0.25) is 4.79 Å². The van der Waals surface area contributed by atoms with E-state index in [2.05, 4.69) is 5.32 Å². The first-order valence-corrected chi connectivity index (χ1v) is 8.88. The predicted octanol–water partition coefficient (Wildman–Crippen LogP) is 2.25. The van der Waals surface area contributed by atoms with E-state index in [9.17, 15) is 4.79 Å². The summed E-state index contributed by atoms with van der Waals surface area (Å²) in [6, 6.07) is 0. The highest BCUT2D eigenvalue weighted by Crippen LogP contribution is 2.40. The number of thioether (sulfide) groups is 1. The fraction of sp³-hybridized carbons (Fsp3) is 0.933. The van der Waals surface area contributed by atoms with Crippen LogP contribution in [0.3, 0.4) is 0 Å². The molecule has 0 radical (unpaired) electrons. The molecule has 3 aliphatic heterocycles. The van der Waals surface area contributed by atoms with Crippen LogP contribution < -0.4 is 5.32 Å². The fourth-order valence-electron chi connectivity index (χ4n) is 3.73. The third kappa shape index (κ3) is 3.34. The minimum Gasteiger partial charge on any atom is -0.375 e. The van der Waals surface area contributed by atoms with Crippen molar-refractivity contribution in [3.63, 3.8) is 0 Å². The molecule has 1 N–H and O–H groups in total. The van der Waals surface area contributed by atoms with Crippen LogP contribution in [0.5, 0.6) is 0 Å². The zero-order valence-corrected chi connectivity index (χ0v) is 12.5. The molecule has 3 saturated heterocycles. The SMILES string of the molecule is O=C(CC1CCNC1)C1CCOC2(CCSCC2)C1. The van der Waals surface area contributed by atoms with E-state index in [-0.39, 0.29) is 11.5 Å². The number of carbonyl (C=O) groups excluding carboxylic acids is 1. The zero-order chi connectivity index (χ0) is 13.1. The lowest BCUT2D eigenvalue weighted by Crippen LogP contribution is -2.44. The van der Waals surface area contributed by atoms with Crippen molar-refractivity contribution < 1.29 is 9.53 Å². The summed E-state index contributed by atoms with van der Waals surface area (Å²) in [4.78, 5) is 12.5. The maximum Gasteiger partial charge on any atom is 0.136 e. The van der Waals surface area contributed by atoms with Crippen LogP contribution in [0.2, 0.25) is 0 Å². The molecule has 1 spiro atoms. The molecule has 0 amide bonds. The van der Waals surface area contributed by atoms with Gasteiger partial charge >= 0.3 is 0 Å². The number of ether oxygens (including phenoxy) is 1. The lowest BCUT2D eigenvalue weighted by atomic mass is 9.78. The quantitative estimate of drug-likeness (QED) is 0.862. The van der Waals surface area contributed by atoms with Crippen molar-refractivity contribution in [2.75, 3.05) is 31.2 Å². The van der Waals surface area contributed by atoms with Gasteiger partial charge in [-0.1, -0.05) is 0 Å². The van der Waals surface area contributed by atoms with Gasteiger partial charge in [-0.15, -0.1) is 0 Å². The van der Waals surface area contributed by atoms with E-state index in [0.717, 1.165) is 51.8 Å². The average molecular weight is 283 g/mol. The summed E-state index contributed by atoms with van der Waals surface area (Å²) in [6.07, 6.45) is 6.21. The van der Waals surface area contributed by atoms with Gasteiger partial charge in [0.25, 0.3) is 0 Å². The normalized spacial score (nSPS) is 34.5. The molecule has 4 heteroatoms. The van der Waals surface area contributed by atoms with Gasteiger partial charge in [0.05, 0.1) is 5.60 Å². The first-order chi connectivity index (χ1) is 9.27. The number of nitrogens with one attached hydrogen (secondary N) is 1. The number of rotatable bonds is 3. The molecule has 0 aromatic carbocycles. The first-order valence-electron chi connectivity index (χ1n) is 7.73. The number of ketones is 1. The molecule has 3 rings (SSSR count). The molecule has 108 valence electrons. The van der Waals surface area contributed by atoms with Gasteiger partial charge in [-0.25, -0.2) is 0 Å². The molecule has 0 aromatic rings. The zero-order valence-electron chi connectivity index (χ0n) is 11.7. The van der Waals surface area contributed by atoms with Crippen molar-refractivity contribution in [2.24, 2.45) is 11.8 Å². The van der Waals surface area contributed by atoms with Crippen LogP contribution in [0.15, 0.2) is 0 Å². The Morgan fingerprint density at radius 3 is 2.89 bits per heavy atom. The molecular weight excluding hydrogens is 258 g/mol. The summed E-state index contributed by atoms with van der Waals surface area (Å²) in [6.45, 7) is 2.92. The van der Waals surface area contributed by atoms with E-state index >= 15 is 0 Å². The number of hydrogen-bond acceptors (Lipinski definition) is 4. The molecule has 19 heavy (non-hydrogen) atoms. The average Bonchev–Trinajstić information content (AvgIpc) is 2.92. The fourth-order valence-corrected chi connectivity index (χ4v) is 4.97. The summed E-state index contributed by atoms with van der Waals surface area (Å²) in [7, 11) is 0. The third-order valence-electron chi connectivity index (χ3n) is 5.00. The highest BCUT2D eigenvalue weighted by Gasteiger charge is 2.41. The van der Waals surface area contributed by atoms with Gasteiger partial charge in [0.2, 0.25) is 0 Å². The Balaban J connectivity index is 1.56. The van der Waals surface area contributed by atoms with Crippen molar-refractivity contribution >= 4 is 17.5 Å². The highest BCUT2D eigenvalue weighted by atomic mass is 32.2. The summed E-state index contributed by atoms with van der Waals surface area (Å²) >= 11 is 2.03. The van der Waals surface area contributed by atoms with E-state index in [1.807, 2.05) is 11.8 Å². The van der Waals surface area contributed by atoms with Gasteiger partial charge in [-0.05, 0) is 62.6 Å². The minimum absolute atomic E-state index is 0.0533. The topological polar surface area (TPSA) is 38.3 Å². The Kier molecular flexibility index (Phi) is 4.50. The molecule has 3 nitrogen and oxygen atoms in total.